The van der Waals surface area contributed by atoms with Gasteiger partial charge in [0, 0.05) is 12.8 Å². The van der Waals surface area contributed by atoms with Crippen LogP contribution < -0.4 is 54.0 Å². The Balaban J connectivity index is 0.000000613. The molecule has 8 atom stereocenters. The predicted molar refractivity (Wildman–Crippen MR) is 335 cm³/mol. The van der Waals surface area contributed by atoms with Gasteiger partial charge in [-0.2, -0.15) is 0 Å². The minimum atomic E-state index is -4.85. The van der Waals surface area contributed by atoms with Crippen LogP contribution in [0.1, 0.15) is 127 Å². The van der Waals surface area contributed by atoms with E-state index >= 15 is 0 Å². The van der Waals surface area contributed by atoms with E-state index < -0.39 is 128 Å². The van der Waals surface area contributed by atoms with Crippen LogP contribution in [0.25, 0.3) is 0 Å². The van der Waals surface area contributed by atoms with Gasteiger partial charge in [0.05, 0.1) is 25.2 Å². The SMILES string of the molecule is CCCCC(NC(=O)[C@H](Cc1ccccc1)NC(=O)CNC(=O)[C@@H](CCCC)NC(=O)[C@@H](N)Cc1ccc(O)cc1)S(=O)(=O)[O-].CCCCC(NC(=O)[C@H](Cc1ccccc1)NC(=O)CNC(=O)[C@@H](CCCC)NC(=O)[C@@H](N)Cc1ccc(O)cc1)S(=O)(=O)[O-].[Zn+2]. The van der Waals surface area contributed by atoms with Gasteiger partial charge in [-0.25, -0.2) is 16.8 Å². The van der Waals surface area contributed by atoms with Gasteiger partial charge in [-0.15, -0.1) is 0 Å². The van der Waals surface area contributed by atoms with Crippen LogP contribution in [0.5, 0.6) is 11.5 Å². The normalized spacial score (nSPS) is 13.8. The fraction of sp³-hybridized carbons (Fsp3) is 0.484. The van der Waals surface area contributed by atoms with Crippen molar-refractivity contribution < 1.29 is 94.0 Å². The maximum atomic E-state index is 13.1. The molecule has 26 nitrogen and oxygen atoms in total. The number of rotatable bonds is 38. The topological polar surface area (TPSA) is 440 Å². The van der Waals surface area contributed by atoms with Crippen LogP contribution in [0, 0.1) is 0 Å². The Morgan fingerprint density at radius 3 is 0.989 bits per heavy atom. The molecular weight excluding hydrogens is 1270 g/mol. The summed E-state index contributed by atoms with van der Waals surface area (Å²) in [6, 6.07) is 23.5. The Kier molecular flexibility index (Phi) is 36.7. The molecule has 8 amide bonds. The second kappa shape index (κ2) is 41.9. The first-order chi connectivity index (χ1) is 42.7. The van der Waals surface area contributed by atoms with Crippen LogP contribution >= 0.6 is 0 Å². The molecule has 0 spiro atoms. The van der Waals surface area contributed by atoms with Crippen molar-refractivity contribution in [2.45, 2.75) is 177 Å². The third-order valence-corrected chi connectivity index (χ3v) is 16.2. The zero-order valence-corrected chi connectivity index (χ0v) is 56.6. The van der Waals surface area contributed by atoms with Gasteiger partial charge in [-0.05, 0) is 85.0 Å². The number of phenols is 2. The first-order valence-electron chi connectivity index (χ1n) is 30.1. The molecule has 91 heavy (non-hydrogen) atoms. The molecule has 0 aliphatic rings. The van der Waals surface area contributed by atoms with E-state index in [2.05, 4.69) is 42.5 Å². The first-order valence-corrected chi connectivity index (χ1v) is 33.0. The number of unbranched alkanes of at least 4 members (excludes halogenated alkanes) is 4. The van der Waals surface area contributed by atoms with Gasteiger partial charge in [-0.1, -0.05) is 164 Å². The largest absolute Gasteiger partial charge is 2.00 e. The van der Waals surface area contributed by atoms with Crippen LogP contribution in [-0.2, 0) is 104 Å². The second-order valence-corrected chi connectivity index (χ2v) is 24.8. The van der Waals surface area contributed by atoms with Gasteiger partial charge >= 0.3 is 19.5 Å². The first kappa shape index (κ1) is 79.7. The number of aromatic hydroxyl groups is 2. The molecule has 0 heterocycles. The average molecular weight is 1360 g/mol. The van der Waals surface area contributed by atoms with E-state index in [1.165, 1.54) is 24.3 Å². The minimum absolute atomic E-state index is 0. The molecule has 14 N–H and O–H groups in total. The van der Waals surface area contributed by atoms with Crippen molar-refractivity contribution in [3.63, 3.8) is 0 Å². The molecular formula is C62H88N10O16S2Zn. The summed E-state index contributed by atoms with van der Waals surface area (Å²) in [5.41, 5.74) is 14.9. The molecule has 4 aromatic carbocycles. The molecule has 2 unspecified atom stereocenters. The van der Waals surface area contributed by atoms with E-state index in [1.54, 1.807) is 84.9 Å². The minimum Gasteiger partial charge on any atom is -0.746 e. The van der Waals surface area contributed by atoms with Gasteiger partial charge in [0.2, 0.25) is 47.3 Å². The van der Waals surface area contributed by atoms with Crippen molar-refractivity contribution in [2.24, 2.45) is 11.5 Å². The summed E-state index contributed by atoms with van der Waals surface area (Å²) in [4.78, 5) is 104. The third kappa shape index (κ3) is 31.5. The van der Waals surface area contributed by atoms with E-state index in [0.717, 1.165) is 24.0 Å². The standard InChI is InChI=1S/2C31H45N5O8S.Zn/c2*1-3-5-12-25(35-29(39)24(32)18-22-14-16-23(37)17-15-22)30(40)33-20-27(38)34-26(19-21-10-8-7-9-11-21)31(41)36-28(13-6-4-2)45(42,43)44;/h2*7-11,14-17,24-26,28,37H,3-6,12-13,18-20,32H2,1-2H3,(H,33,40)(H,34,38)(H,35,39)(H,36,41)(H,42,43,44);/q;;+2/p-2/t2*24-,25+,26-,28?;/m00./s1. The number of carbonyl (C=O) groups is 8. The van der Waals surface area contributed by atoms with Crippen LogP contribution in [0.3, 0.4) is 0 Å². The Labute approximate surface area is 546 Å². The predicted octanol–water partition coefficient (Wildman–Crippen LogP) is 1.91. The zero-order chi connectivity index (χ0) is 66.8. The monoisotopic (exact) mass is 1360 g/mol. The Hall–Kier alpha value is -7.40. The molecule has 0 aliphatic heterocycles. The number of phenolic OH excluding ortho intramolecular Hbond substituents is 2. The van der Waals surface area contributed by atoms with Gasteiger partial charge in [0.1, 0.15) is 66.7 Å². The van der Waals surface area contributed by atoms with Crippen molar-refractivity contribution >= 4 is 67.5 Å². The average Bonchev–Trinajstić information content (AvgIpc) is 2.35. The molecule has 4 aromatic rings. The molecule has 0 fully saturated rings. The molecule has 0 aromatic heterocycles. The summed E-state index contributed by atoms with van der Waals surface area (Å²) in [6.45, 7) is 6.40. The molecule has 0 saturated heterocycles. The van der Waals surface area contributed by atoms with Crippen LogP contribution in [0.2, 0.25) is 0 Å². The van der Waals surface area contributed by atoms with E-state index in [1.807, 2.05) is 27.7 Å². The smallest absolute Gasteiger partial charge is 0.746 e. The Morgan fingerprint density at radius 1 is 0.396 bits per heavy atom. The Morgan fingerprint density at radius 2 is 0.692 bits per heavy atom. The molecule has 0 aliphatic carbocycles. The fourth-order valence-electron chi connectivity index (χ4n) is 8.93. The number of carbonyl (C=O) groups excluding carboxylic acids is 8. The molecule has 0 saturated carbocycles. The third-order valence-electron chi connectivity index (χ3n) is 14.1. The number of hydrogen-bond donors (Lipinski definition) is 12. The van der Waals surface area contributed by atoms with Crippen molar-refractivity contribution in [1.29, 1.82) is 0 Å². The number of nitrogens with one attached hydrogen (secondary N) is 8. The second-order valence-electron chi connectivity index (χ2n) is 21.7. The molecule has 0 bridgehead atoms. The molecule has 29 heteroatoms. The summed E-state index contributed by atoms with van der Waals surface area (Å²) in [5, 5.41) is 35.4. The van der Waals surface area contributed by atoms with Crippen LogP contribution in [-0.4, -0.2) is 143 Å². The number of amides is 8. The van der Waals surface area contributed by atoms with E-state index in [4.69, 9.17) is 11.5 Å². The number of nitrogens with two attached hydrogens (primary N) is 2. The van der Waals surface area contributed by atoms with Crippen molar-refractivity contribution in [1.82, 2.24) is 42.5 Å². The van der Waals surface area contributed by atoms with Crippen molar-refractivity contribution in [3.8, 4) is 11.5 Å². The molecule has 0 radical (unpaired) electrons. The van der Waals surface area contributed by atoms with Crippen molar-refractivity contribution in [3.05, 3.63) is 131 Å². The summed E-state index contributed by atoms with van der Waals surface area (Å²) in [5.74, 6) is -5.38. The maximum absolute atomic E-state index is 13.1. The maximum Gasteiger partial charge on any atom is 2.00 e. The summed E-state index contributed by atoms with van der Waals surface area (Å²) in [6.07, 6.45) is 5.51. The Bertz CT molecular complexity index is 2930. The number of hydrogen-bond acceptors (Lipinski definition) is 18. The van der Waals surface area contributed by atoms with Crippen molar-refractivity contribution in [2.75, 3.05) is 13.1 Å². The fourth-order valence-corrected chi connectivity index (χ4v) is 10.4. The van der Waals surface area contributed by atoms with E-state index in [9.17, 15) is 74.5 Å². The zero-order valence-electron chi connectivity index (χ0n) is 52.0. The number of benzene rings is 4. The van der Waals surface area contributed by atoms with E-state index in [-0.39, 0.29) is 69.5 Å². The van der Waals surface area contributed by atoms with E-state index in [0.29, 0.717) is 62.5 Å². The summed E-state index contributed by atoms with van der Waals surface area (Å²) >= 11 is 0. The van der Waals surface area contributed by atoms with Gasteiger partial charge in [0.15, 0.2) is 0 Å². The van der Waals surface area contributed by atoms with Crippen LogP contribution in [0.4, 0.5) is 0 Å². The van der Waals surface area contributed by atoms with Gasteiger partial charge in [-0.3, -0.25) is 38.4 Å². The quantitative estimate of drug-likeness (QED) is 0.0225. The van der Waals surface area contributed by atoms with Gasteiger partial charge < -0.3 is 73.3 Å². The molecule has 496 valence electrons. The molecule has 4 rings (SSSR count). The summed E-state index contributed by atoms with van der Waals surface area (Å²) in [7, 11) is -9.69. The van der Waals surface area contributed by atoms with Gasteiger partial charge in [0.25, 0.3) is 0 Å². The summed E-state index contributed by atoms with van der Waals surface area (Å²) < 4.78 is 70.6. The van der Waals surface area contributed by atoms with Crippen LogP contribution in [0.15, 0.2) is 109 Å².